The first-order valence-corrected chi connectivity index (χ1v) is 8.87. The van der Waals surface area contributed by atoms with Gasteiger partial charge in [-0.1, -0.05) is 39.0 Å². The third kappa shape index (κ3) is 3.93. The van der Waals surface area contributed by atoms with Crippen molar-refractivity contribution >= 4 is 22.6 Å². The molecule has 0 bridgehead atoms. The van der Waals surface area contributed by atoms with Crippen molar-refractivity contribution in [2.75, 3.05) is 13.2 Å². The Morgan fingerprint density at radius 1 is 1.28 bits per heavy atom. The zero-order valence-corrected chi connectivity index (χ0v) is 15.2. The number of benzene rings is 1. The lowest BCUT2D eigenvalue weighted by Crippen LogP contribution is -2.34. The lowest BCUT2D eigenvalue weighted by atomic mass is 9.86. The van der Waals surface area contributed by atoms with Crippen LogP contribution in [0.25, 0.3) is 10.9 Å². The molecule has 1 saturated heterocycles. The predicted octanol–water partition coefficient (Wildman–Crippen LogP) is 3.17. The van der Waals surface area contributed by atoms with Gasteiger partial charge in [0.15, 0.2) is 5.78 Å². The van der Waals surface area contributed by atoms with Crippen molar-refractivity contribution < 1.29 is 14.3 Å². The highest BCUT2D eigenvalue weighted by Crippen LogP contribution is 2.28. The summed E-state index contributed by atoms with van der Waals surface area (Å²) in [5, 5.41) is 3.83. The molecule has 1 amide bonds. The van der Waals surface area contributed by atoms with Crippen LogP contribution < -0.4 is 5.32 Å². The van der Waals surface area contributed by atoms with Gasteiger partial charge in [0, 0.05) is 41.2 Å². The monoisotopic (exact) mass is 342 g/mol. The van der Waals surface area contributed by atoms with E-state index in [0.717, 1.165) is 30.4 Å². The molecule has 3 rings (SSSR count). The van der Waals surface area contributed by atoms with Crippen molar-refractivity contribution in [1.82, 2.24) is 9.88 Å². The highest BCUT2D eigenvalue weighted by Gasteiger charge is 2.26. The number of para-hydroxylation sites is 1. The molecule has 1 aromatic carbocycles. The Kier molecular flexibility index (Phi) is 4.95. The number of hydrogen-bond acceptors (Lipinski definition) is 3. The Morgan fingerprint density at radius 2 is 2.04 bits per heavy atom. The molecule has 1 atom stereocenters. The molecule has 0 unspecified atom stereocenters. The molecule has 2 aromatic rings. The number of aromatic nitrogens is 1. The minimum atomic E-state index is -0.461. The van der Waals surface area contributed by atoms with Crippen molar-refractivity contribution in [3.63, 3.8) is 0 Å². The van der Waals surface area contributed by atoms with Crippen LogP contribution >= 0.6 is 0 Å². The molecule has 134 valence electrons. The Morgan fingerprint density at radius 3 is 2.72 bits per heavy atom. The van der Waals surface area contributed by atoms with Crippen LogP contribution in [0.4, 0.5) is 0 Å². The van der Waals surface area contributed by atoms with Crippen LogP contribution in [-0.4, -0.2) is 35.5 Å². The Balaban J connectivity index is 1.79. The third-order valence-electron chi connectivity index (χ3n) is 4.58. The van der Waals surface area contributed by atoms with E-state index in [1.807, 2.05) is 55.8 Å². The van der Waals surface area contributed by atoms with E-state index >= 15 is 0 Å². The van der Waals surface area contributed by atoms with Gasteiger partial charge in [0.25, 0.3) is 0 Å². The van der Waals surface area contributed by atoms with Gasteiger partial charge in [0.05, 0.1) is 6.10 Å². The van der Waals surface area contributed by atoms with Crippen LogP contribution in [0.15, 0.2) is 30.5 Å². The second kappa shape index (κ2) is 7.00. The molecule has 0 spiro atoms. The molecule has 0 radical (unpaired) electrons. The van der Waals surface area contributed by atoms with E-state index in [4.69, 9.17) is 4.74 Å². The fourth-order valence-electron chi connectivity index (χ4n) is 3.21. The van der Waals surface area contributed by atoms with E-state index in [0.29, 0.717) is 12.1 Å². The number of nitrogens with zero attached hydrogens (tertiary/aromatic N) is 1. The fraction of sp³-hybridized carbons (Fsp3) is 0.500. The normalized spacial score (nSPS) is 17.8. The smallest absolute Gasteiger partial charge is 0.240 e. The van der Waals surface area contributed by atoms with Gasteiger partial charge in [0.2, 0.25) is 5.91 Å². The molecule has 5 nitrogen and oxygen atoms in total. The van der Waals surface area contributed by atoms with Gasteiger partial charge in [-0.3, -0.25) is 9.59 Å². The van der Waals surface area contributed by atoms with E-state index in [2.05, 4.69) is 5.32 Å². The number of Topliss-reactive ketones (excluding diaryl/α,β-unsaturated/α-hetero) is 1. The SMILES string of the molecule is CC(C)(C)C(=O)c1cn(CC(=O)NC[C@H]2CCCO2)c2ccccc12. The summed E-state index contributed by atoms with van der Waals surface area (Å²) < 4.78 is 7.39. The highest BCUT2D eigenvalue weighted by molar-refractivity contribution is 6.10. The Hall–Kier alpha value is -2.14. The second-order valence-electron chi connectivity index (χ2n) is 7.71. The number of ether oxygens (including phenoxy) is 1. The summed E-state index contributed by atoms with van der Waals surface area (Å²) in [6.45, 7) is 7.26. The molecule has 1 N–H and O–H groups in total. The van der Waals surface area contributed by atoms with Crippen LogP contribution in [0.2, 0.25) is 0 Å². The Labute approximate surface area is 148 Å². The first-order valence-electron chi connectivity index (χ1n) is 8.87. The first-order chi connectivity index (χ1) is 11.9. The number of rotatable bonds is 5. The van der Waals surface area contributed by atoms with Gasteiger partial charge in [-0.15, -0.1) is 0 Å². The van der Waals surface area contributed by atoms with Crippen molar-refractivity contribution in [3.8, 4) is 0 Å². The molecule has 0 saturated carbocycles. The van der Waals surface area contributed by atoms with Gasteiger partial charge in [-0.2, -0.15) is 0 Å². The van der Waals surface area contributed by atoms with E-state index < -0.39 is 5.41 Å². The van der Waals surface area contributed by atoms with Crippen LogP contribution in [0.1, 0.15) is 44.0 Å². The summed E-state index contributed by atoms with van der Waals surface area (Å²) >= 11 is 0. The number of hydrogen-bond donors (Lipinski definition) is 1. The molecule has 5 heteroatoms. The summed E-state index contributed by atoms with van der Waals surface area (Å²) in [7, 11) is 0. The van der Waals surface area contributed by atoms with Crippen LogP contribution in [-0.2, 0) is 16.1 Å². The van der Waals surface area contributed by atoms with Gasteiger partial charge in [-0.05, 0) is 18.9 Å². The minimum absolute atomic E-state index is 0.0639. The maximum Gasteiger partial charge on any atom is 0.240 e. The van der Waals surface area contributed by atoms with E-state index in [1.54, 1.807) is 0 Å². The molecule has 0 aliphatic carbocycles. The van der Waals surface area contributed by atoms with Crippen molar-refractivity contribution in [3.05, 3.63) is 36.0 Å². The van der Waals surface area contributed by atoms with Crippen molar-refractivity contribution in [2.24, 2.45) is 5.41 Å². The van der Waals surface area contributed by atoms with E-state index in [9.17, 15) is 9.59 Å². The molecule has 2 heterocycles. The van der Waals surface area contributed by atoms with Gasteiger partial charge < -0.3 is 14.6 Å². The van der Waals surface area contributed by atoms with Crippen LogP contribution in [0, 0.1) is 5.41 Å². The molecular formula is C20H26N2O3. The lowest BCUT2D eigenvalue weighted by molar-refractivity contribution is -0.122. The number of fused-ring (bicyclic) bond motifs is 1. The molecule has 1 aliphatic heterocycles. The number of carbonyl (C=O) groups is 2. The molecule has 25 heavy (non-hydrogen) atoms. The van der Waals surface area contributed by atoms with E-state index in [1.165, 1.54) is 0 Å². The topological polar surface area (TPSA) is 60.3 Å². The summed E-state index contributed by atoms with van der Waals surface area (Å²) in [6.07, 6.45) is 3.99. The van der Waals surface area contributed by atoms with Crippen LogP contribution in [0.5, 0.6) is 0 Å². The quantitative estimate of drug-likeness (QED) is 0.849. The summed E-state index contributed by atoms with van der Waals surface area (Å²) in [4.78, 5) is 25.1. The second-order valence-corrected chi connectivity index (χ2v) is 7.71. The first kappa shape index (κ1) is 17.7. The zero-order chi connectivity index (χ0) is 18.0. The number of nitrogens with one attached hydrogen (secondary N) is 1. The average molecular weight is 342 g/mol. The van der Waals surface area contributed by atoms with Crippen molar-refractivity contribution in [2.45, 2.75) is 46.3 Å². The van der Waals surface area contributed by atoms with Gasteiger partial charge in [0.1, 0.15) is 6.54 Å². The van der Waals surface area contributed by atoms with E-state index in [-0.39, 0.29) is 24.3 Å². The maximum absolute atomic E-state index is 12.7. The summed E-state index contributed by atoms with van der Waals surface area (Å²) in [5.74, 6) is 0.0215. The zero-order valence-electron chi connectivity index (χ0n) is 15.2. The predicted molar refractivity (Wildman–Crippen MR) is 97.7 cm³/mol. The summed E-state index contributed by atoms with van der Waals surface area (Å²) in [5.41, 5.74) is 1.12. The van der Waals surface area contributed by atoms with Gasteiger partial charge >= 0.3 is 0 Å². The standard InChI is InChI=1S/C20H26N2O3/c1-20(2,3)19(24)16-12-22(17-9-5-4-8-15(16)17)13-18(23)21-11-14-7-6-10-25-14/h4-5,8-9,12,14H,6-7,10-11,13H2,1-3H3,(H,21,23)/t14-/m1/s1. The summed E-state index contributed by atoms with van der Waals surface area (Å²) in [6, 6.07) is 7.73. The molecule has 1 aromatic heterocycles. The molecule has 1 fully saturated rings. The Bertz CT molecular complexity index is 780. The molecular weight excluding hydrogens is 316 g/mol. The minimum Gasteiger partial charge on any atom is -0.376 e. The lowest BCUT2D eigenvalue weighted by Gasteiger charge is -2.15. The average Bonchev–Trinajstić information content (AvgIpc) is 3.20. The highest BCUT2D eigenvalue weighted by atomic mass is 16.5. The third-order valence-corrected chi connectivity index (χ3v) is 4.58. The maximum atomic E-state index is 12.7. The van der Waals surface area contributed by atoms with Crippen molar-refractivity contribution in [1.29, 1.82) is 0 Å². The number of amides is 1. The number of carbonyl (C=O) groups excluding carboxylic acids is 2. The largest absolute Gasteiger partial charge is 0.376 e. The van der Waals surface area contributed by atoms with Gasteiger partial charge in [-0.25, -0.2) is 0 Å². The number of ketones is 1. The van der Waals surface area contributed by atoms with Crippen LogP contribution in [0.3, 0.4) is 0 Å². The fourth-order valence-corrected chi connectivity index (χ4v) is 3.21. The molecule has 1 aliphatic rings.